The molecule has 3 nitrogen and oxygen atoms in total. The van der Waals surface area contributed by atoms with Crippen LogP contribution < -0.4 is 5.73 Å². The molecule has 2 N–H and O–H groups in total. The summed E-state index contributed by atoms with van der Waals surface area (Å²) in [6.07, 6.45) is 0. The van der Waals surface area contributed by atoms with Crippen LogP contribution >= 0.6 is 0 Å². The average Bonchev–Trinajstić information content (AvgIpc) is 2.87. The minimum Gasteiger partial charge on any atom is -0.463 e. The topological polar surface area (TPSA) is 42.4 Å². The Labute approximate surface area is 115 Å². The summed E-state index contributed by atoms with van der Waals surface area (Å²) < 4.78 is 5.68. The van der Waals surface area contributed by atoms with Crippen molar-refractivity contribution in [2.24, 2.45) is 5.73 Å². The molecule has 0 bridgehead atoms. The minimum atomic E-state index is 0.459. The van der Waals surface area contributed by atoms with Gasteiger partial charge in [0, 0.05) is 12.6 Å². The summed E-state index contributed by atoms with van der Waals surface area (Å²) in [6, 6.07) is 14.9. The molecular formula is C16H22N2O. The Kier molecular flexibility index (Phi) is 4.77. The first kappa shape index (κ1) is 13.8. The van der Waals surface area contributed by atoms with Gasteiger partial charge in [-0.25, -0.2) is 0 Å². The van der Waals surface area contributed by atoms with E-state index in [1.165, 1.54) is 5.56 Å². The van der Waals surface area contributed by atoms with Crippen molar-refractivity contribution < 1.29 is 4.42 Å². The lowest BCUT2D eigenvalue weighted by Crippen LogP contribution is -2.29. The van der Waals surface area contributed by atoms with Crippen LogP contribution in [-0.2, 0) is 19.6 Å². The van der Waals surface area contributed by atoms with Crippen molar-refractivity contribution in [3.8, 4) is 0 Å². The predicted octanol–water partition coefficient (Wildman–Crippen LogP) is 3.15. The molecule has 0 unspecified atom stereocenters. The molecule has 1 aromatic heterocycles. The zero-order valence-corrected chi connectivity index (χ0v) is 11.7. The molecule has 19 heavy (non-hydrogen) atoms. The molecular weight excluding hydrogens is 236 g/mol. The van der Waals surface area contributed by atoms with Gasteiger partial charge < -0.3 is 10.2 Å². The Hall–Kier alpha value is -1.58. The van der Waals surface area contributed by atoms with Crippen LogP contribution in [0.5, 0.6) is 0 Å². The van der Waals surface area contributed by atoms with Crippen molar-refractivity contribution in [1.29, 1.82) is 0 Å². The molecule has 0 aliphatic carbocycles. The van der Waals surface area contributed by atoms with E-state index in [0.29, 0.717) is 12.6 Å². The van der Waals surface area contributed by atoms with Crippen molar-refractivity contribution in [2.75, 3.05) is 0 Å². The fraction of sp³-hybridized carbons (Fsp3) is 0.375. The van der Waals surface area contributed by atoms with Gasteiger partial charge in [0.25, 0.3) is 0 Å². The van der Waals surface area contributed by atoms with E-state index in [0.717, 1.165) is 24.6 Å². The Bertz CT molecular complexity index is 490. The van der Waals surface area contributed by atoms with Gasteiger partial charge in [-0.1, -0.05) is 30.3 Å². The highest BCUT2D eigenvalue weighted by Gasteiger charge is 2.13. The zero-order valence-electron chi connectivity index (χ0n) is 11.7. The molecule has 102 valence electrons. The van der Waals surface area contributed by atoms with E-state index in [2.05, 4.69) is 43.0 Å². The maximum atomic E-state index is 5.68. The van der Waals surface area contributed by atoms with Crippen LogP contribution in [-0.4, -0.2) is 10.9 Å². The van der Waals surface area contributed by atoms with E-state index in [1.807, 2.05) is 18.2 Å². The lowest BCUT2D eigenvalue weighted by Gasteiger charge is -2.25. The molecule has 0 amide bonds. The number of hydrogen-bond acceptors (Lipinski definition) is 3. The van der Waals surface area contributed by atoms with E-state index in [4.69, 9.17) is 10.2 Å². The Morgan fingerprint density at radius 2 is 1.68 bits per heavy atom. The van der Waals surface area contributed by atoms with Gasteiger partial charge in [-0.2, -0.15) is 0 Å². The highest BCUT2D eigenvalue weighted by atomic mass is 16.3. The van der Waals surface area contributed by atoms with Crippen LogP contribution in [0.4, 0.5) is 0 Å². The highest BCUT2D eigenvalue weighted by molar-refractivity contribution is 5.15. The lowest BCUT2D eigenvalue weighted by atomic mass is 10.2. The number of furan rings is 1. The van der Waals surface area contributed by atoms with Gasteiger partial charge in [0.05, 0.1) is 13.1 Å². The summed E-state index contributed by atoms with van der Waals surface area (Å²) in [6.45, 7) is 6.61. The third-order valence-corrected chi connectivity index (χ3v) is 3.24. The number of rotatable bonds is 6. The van der Waals surface area contributed by atoms with Gasteiger partial charge in [-0.15, -0.1) is 0 Å². The van der Waals surface area contributed by atoms with Crippen LogP contribution in [0, 0.1) is 0 Å². The molecule has 3 heteroatoms. The average molecular weight is 258 g/mol. The number of nitrogens with two attached hydrogens (primary N) is 1. The van der Waals surface area contributed by atoms with Crippen LogP contribution in [0.3, 0.4) is 0 Å². The number of nitrogens with zero attached hydrogens (tertiary/aromatic N) is 1. The SMILES string of the molecule is CC(C)N(Cc1ccccc1)Cc1ccc(CN)o1. The first-order valence-corrected chi connectivity index (χ1v) is 6.74. The Morgan fingerprint density at radius 1 is 1.00 bits per heavy atom. The van der Waals surface area contributed by atoms with Crippen molar-refractivity contribution in [3.63, 3.8) is 0 Å². The van der Waals surface area contributed by atoms with Gasteiger partial charge in [0.15, 0.2) is 0 Å². The summed E-state index contributed by atoms with van der Waals surface area (Å²) in [7, 11) is 0. The second kappa shape index (κ2) is 6.55. The molecule has 0 aliphatic heterocycles. The van der Waals surface area contributed by atoms with Gasteiger partial charge >= 0.3 is 0 Å². The van der Waals surface area contributed by atoms with Crippen LogP contribution in [0.25, 0.3) is 0 Å². The first-order chi connectivity index (χ1) is 9.19. The van der Waals surface area contributed by atoms with E-state index in [-0.39, 0.29) is 0 Å². The van der Waals surface area contributed by atoms with E-state index < -0.39 is 0 Å². The molecule has 0 radical (unpaired) electrons. The summed E-state index contributed by atoms with van der Waals surface area (Å²) in [4.78, 5) is 2.38. The molecule has 0 saturated carbocycles. The van der Waals surface area contributed by atoms with E-state index in [1.54, 1.807) is 0 Å². The van der Waals surface area contributed by atoms with Gasteiger partial charge in [-0.05, 0) is 31.5 Å². The standard InChI is InChI=1S/C16H22N2O/c1-13(2)18(11-14-6-4-3-5-7-14)12-16-9-8-15(10-17)19-16/h3-9,13H,10-12,17H2,1-2H3. The number of hydrogen-bond donors (Lipinski definition) is 1. The summed E-state index contributed by atoms with van der Waals surface area (Å²) in [5.41, 5.74) is 6.89. The van der Waals surface area contributed by atoms with Gasteiger partial charge in [0.1, 0.15) is 11.5 Å². The summed E-state index contributed by atoms with van der Waals surface area (Å²) >= 11 is 0. The number of benzene rings is 1. The first-order valence-electron chi connectivity index (χ1n) is 6.74. The second-order valence-corrected chi connectivity index (χ2v) is 5.06. The van der Waals surface area contributed by atoms with Gasteiger partial charge in [0.2, 0.25) is 0 Å². The summed E-state index contributed by atoms with van der Waals surface area (Å²) in [5.74, 6) is 1.82. The summed E-state index contributed by atoms with van der Waals surface area (Å²) in [5, 5.41) is 0. The monoisotopic (exact) mass is 258 g/mol. The predicted molar refractivity (Wildman–Crippen MR) is 77.4 cm³/mol. The Morgan fingerprint density at radius 3 is 2.26 bits per heavy atom. The lowest BCUT2D eigenvalue weighted by molar-refractivity contribution is 0.186. The van der Waals surface area contributed by atoms with Gasteiger partial charge in [-0.3, -0.25) is 4.90 Å². The molecule has 0 aliphatic rings. The molecule has 0 fully saturated rings. The van der Waals surface area contributed by atoms with Crippen LogP contribution in [0.15, 0.2) is 46.9 Å². The van der Waals surface area contributed by atoms with Crippen LogP contribution in [0.1, 0.15) is 30.9 Å². The maximum absolute atomic E-state index is 5.68. The third kappa shape index (κ3) is 3.94. The quantitative estimate of drug-likeness (QED) is 0.865. The molecule has 0 saturated heterocycles. The van der Waals surface area contributed by atoms with Crippen molar-refractivity contribution in [1.82, 2.24) is 4.90 Å². The van der Waals surface area contributed by atoms with Crippen LogP contribution in [0.2, 0.25) is 0 Å². The van der Waals surface area contributed by atoms with E-state index >= 15 is 0 Å². The molecule has 0 atom stereocenters. The molecule has 1 heterocycles. The van der Waals surface area contributed by atoms with Crippen molar-refractivity contribution in [2.45, 2.75) is 39.5 Å². The fourth-order valence-corrected chi connectivity index (χ4v) is 2.06. The molecule has 1 aromatic carbocycles. The third-order valence-electron chi connectivity index (χ3n) is 3.24. The zero-order chi connectivity index (χ0) is 13.7. The highest BCUT2D eigenvalue weighted by Crippen LogP contribution is 2.15. The molecule has 2 rings (SSSR count). The largest absolute Gasteiger partial charge is 0.463 e. The molecule has 2 aromatic rings. The minimum absolute atomic E-state index is 0.459. The van der Waals surface area contributed by atoms with E-state index in [9.17, 15) is 0 Å². The second-order valence-electron chi connectivity index (χ2n) is 5.06. The van der Waals surface area contributed by atoms with Crippen molar-refractivity contribution >= 4 is 0 Å². The molecule has 0 spiro atoms. The normalized spacial score (nSPS) is 11.4. The van der Waals surface area contributed by atoms with Crippen molar-refractivity contribution in [3.05, 3.63) is 59.5 Å². The Balaban J connectivity index is 2.04. The smallest absolute Gasteiger partial charge is 0.118 e. The maximum Gasteiger partial charge on any atom is 0.118 e. The fourth-order valence-electron chi connectivity index (χ4n) is 2.06.